The zero-order chi connectivity index (χ0) is 11.6. The third-order valence-electron chi connectivity index (χ3n) is 1.76. The summed E-state index contributed by atoms with van der Waals surface area (Å²) in [5.74, 6) is -0.243. The summed E-state index contributed by atoms with van der Waals surface area (Å²) in [6.07, 6.45) is 1.65. The Hall–Kier alpha value is -1.36. The van der Waals surface area contributed by atoms with Crippen molar-refractivity contribution in [2.45, 2.75) is 33.0 Å². The van der Waals surface area contributed by atoms with Crippen LogP contribution in [-0.4, -0.2) is 21.7 Å². The van der Waals surface area contributed by atoms with Crippen LogP contribution < -0.4 is 0 Å². The van der Waals surface area contributed by atoms with Gasteiger partial charge in [0, 0.05) is 6.20 Å². The lowest BCUT2D eigenvalue weighted by molar-refractivity contribution is -0.138. The van der Waals surface area contributed by atoms with E-state index in [1.165, 1.54) is 0 Å². The van der Waals surface area contributed by atoms with Gasteiger partial charge >= 0.3 is 0 Å². The Bertz CT molecular complexity index is 365. The Morgan fingerprint density at radius 2 is 2.20 bits per heavy atom. The Morgan fingerprint density at radius 1 is 1.60 bits per heavy atom. The molecule has 1 N–H and O–H groups in total. The highest BCUT2D eigenvalue weighted by Gasteiger charge is 2.28. The number of halogens is 1. The van der Waals surface area contributed by atoms with Crippen LogP contribution in [0, 0.1) is 5.82 Å². The van der Waals surface area contributed by atoms with E-state index in [-0.39, 0.29) is 18.0 Å². The number of hydrogen-bond donors (Lipinski definition) is 1. The Balaban J connectivity index is 0.000000153. The molecule has 4 nitrogen and oxygen atoms in total. The van der Waals surface area contributed by atoms with Crippen molar-refractivity contribution >= 4 is 6.47 Å². The van der Waals surface area contributed by atoms with Crippen LogP contribution in [0.1, 0.15) is 26.5 Å². The Morgan fingerprint density at radius 3 is 2.33 bits per heavy atom. The summed E-state index contributed by atoms with van der Waals surface area (Å²) in [5.41, 5.74) is 0.718. The van der Waals surface area contributed by atoms with E-state index in [9.17, 15) is 9.18 Å². The maximum Gasteiger partial charge on any atom is 0.293 e. The number of aromatic nitrogens is 1. The summed E-state index contributed by atoms with van der Waals surface area (Å²) >= 11 is 0. The monoisotopic (exact) mass is 215 g/mol. The van der Waals surface area contributed by atoms with Gasteiger partial charge in [0.15, 0.2) is 5.82 Å². The Labute approximate surface area is 87.3 Å². The number of carbonyl (C=O) groups is 1. The zero-order valence-corrected chi connectivity index (χ0v) is 8.95. The van der Waals surface area contributed by atoms with Gasteiger partial charge in [-0.2, -0.15) is 0 Å². The van der Waals surface area contributed by atoms with Crippen LogP contribution in [0.2, 0.25) is 0 Å². The van der Waals surface area contributed by atoms with Crippen LogP contribution in [-0.2, 0) is 16.1 Å². The minimum Gasteiger partial charge on any atom is -0.462 e. The molecule has 0 aliphatic carbocycles. The molecule has 0 bridgehead atoms. The average Bonchev–Trinajstić information content (AvgIpc) is 2.79. The fourth-order valence-corrected chi connectivity index (χ4v) is 0.970. The molecular weight excluding hydrogens is 201 g/mol. The van der Waals surface area contributed by atoms with E-state index in [1.54, 1.807) is 10.8 Å². The van der Waals surface area contributed by atoms with Crippen molar-refractivity contribution in [3.63, 3.8) is 0 Å². The second-order valence-electron chi connectivity index (χ2n) is 4.13. The van der Waals surface area contributed by atoms with Crippen molar-refractivity contribution < 1.29 is 19.0 Å². The molecule has 0 unspecified atom stereocenters. The van der Waals surface area contributed by atoms with Gasteiger partial charge in [-0.3, -0.25) is 4.79 Å². The van der Waals surface area contributed by atoms with Crippen molar-refractivity contribution in [3.8, 4) is 5.69 Å². The fourth-order valence-electron chi connectivity index (χ4n) is 0.970. The molecule has 15 heavy (non-hydrogen) atoms. The molecule has 2 heterocycles. The smallest absolute Gasteiger partial charge is 0.293 e. The van der Waals surface area contributed by atoms with Crippen molar-refractivity contribution in [2.24, 2.45) is 0 Å². The van der Waals surface area contributed by atoms with E-state index in [2.05, 4.69) is 4.74 Å². The average molecular weight is 215 g/mol. The van der Waals surface area contributed by atoms with Crippen LogP contribution in [0.5, 0.6) is 0 Å². The van der Waals surface area contributed by atoms with Crippen molar-refractivity contribution in [3.05, 3.63) is 17.7 Å². The number of carbonyl (C=O) groups excluding carboxylic acids is 1. The first-order valence-corrected chi connectivity index (χ1v) is 4.53. The van der Waals surface area contributed by atoms with Gasteiger partial charge in [0.2, 0.25) is 0 Å². The molecule has 0 atom stereocenters. The van der Waals surface area contributed by atoms with Gasteiger partial charge in [-0.1, -0.05) is 0 Å². The second kappa shape index (κ2) is 4.02. The van der Waals surface area contributed by atoms with Gasteiger partial charge in [0.05, 0.1) is 12.3 Å². The molecule has 84 valence electrons. The topological polar surface area (TPSA) is 51.5 Å². The second-order valence-corrected chi connectivity index (χ2v) is 4.13. The maximum atomic E-state index is 12.2. The summed E-state index contributed by atoms with van der Waals surface area (Å²) < 4.78 is 18.4. The number of ether oxygens (including phenoxy) is 1. The van der Waals surface area contributed by atoms with E-state index in [1.807, 2.05) is 20.8 Å². The molecule has 5 heteroatoms. The third-order valence-corrected chi connectivity index (χ3v) is 1.76. The predicted molar refractivity (Wildman–Crippen MR) is 52.1 cm³/mol. The summed E-state index contributed by atoms with van der Waals surface area (Å²) in [6, 6.07) is 0. The minimum absolute atomic E-state index is 0.189. The highest BCUT2D eigenvalue weighted by Crippen LogP contribution is 2.33. The predicted octanol–water partition coefficient (Wildman–Crippen LogP) is 1.38. The molecule has 0 radical (unpaired) electrons. The summed E-state index contributed by atoms with van der Waals surface area (Å²) in [7, 11) is 0. The van der Waals surface area contributed by atoms with Crippen LogP contribution in [0.15, 0.2) is 6.20 Å². The molecular formula is C10H14FNO3. The van der Waals surface area contributed by atoms with E-state index in [0.717, 1.165) is 0 Å². The van der Waals surface area contributed by atoms with E-state index in [0.29, 0.717) is 17.9 Å². The number of fused-ring (bicyclic) bond motifs is 1. The first-order valence-electron chi connectivity index (χ1n) is 4.53. The lowest BCUT2D eigenvalue weighted by atomic mass is 10.2. The van der Waals surface area contributed by atoms with E-state index in [4.69, 9.17) is 5.11 Å². The van der Waals surface area contributed by atoms with E-state index < -0.39 is 0 Å². The first-order chi connectivity index (χ1) is 6.90. The van der Waals surface area contributed by atoms with Gasteiger partial charge < -0.3 is 14.4 Å². The molecule has 0 aromatic carbocycles. The molecule has 0 amide bonds. The normalized spacial score (nSPS) is 11.5. The summed E-state index contributed by atoms with van der Waals surface area (Å²) in [5, 5.41) is 8.38. The first kappa shape index (κ1) is 11.7. The standard InChI is InChI=1S/C5H4FNO.C5H10O2/c6-5-3-1-7(3)4(5)2-8;1-5(2,3)7-4-6/h1,8H,2H2;4H,1-3H3. The SMILES string of the molecule is CC(C)(C)OC=O.OCc1c(F)c2cn1-2. The van der Waals surface area contributed by atoms with Crippen molar-refractivity contribution in [2.75, 3.05) is 0 Å². The molecule has 0 spiro atoms. The zero-order valence-electron chi connectivity index (χ0n) is 8.95. The van der Waals surface area contributed by atoms with Gasteiger partial charge in [0.1, 0.15) is 11.3 Å². The Kier molecular flexibility index (Phi) is 3.14. The van der Waals surface area contributed by atoms with Gasteiger partial charge in [0.25, 0.3) is 6.47 Å². The van der Waals surface area contributed by atoms with Gasteiger partial charge in [-0.05, 0) is 20.8 Å². The van der Waals surface area contributed by atoms with Crippen molar-refractivity contribution in [1.29, 1.82) is 0 Å². The number of aliphatic hydroxyl groups is 1. The summed E-state index contributed by atoms with van der Waals surface area (Å²) in [6.45, 7) is 5.73. The molecule has 0 saturated heterocycles. The number of nitrogens with zero attached hydrogens (tertiary/aromatic N) is 1. The fraction of sp³-hybridized carbons (Fsp3) is 0.500. The molecule has 0 aromatic heterocycles. The highest BCUT2D eigenvalue weighted by atomic mass is 19.1. The highest BCUT2D eigenvalue weighted by molar-refractivity contribution is 5.52. The molecule has 0 aromatic rings. The molecule has 0 saturated carbocycles. The maximum absolute atomic E-state index is 12.2. The largest absolute Gasteiger partial charge is 0.462 e. The lowest BCUT2D eigenvalue weighted by Crippen LogP contribution is -2.17. The third kappa shape index (κ3) is 2.79. The lowest BCUT2D eigenvalue weighted by Gasteiger charge is -2.14. The van der Waals surface area contributed by atoms with E-state index >= 15 is 0 Å². The van der Waals surface area contributed by atoms with Gasteiger partial charge in [-0.15, -0.1) is 0 Å². The molecule has 2 rings (SSSR count). The quantitative estimate of drug-likeness (QED) is 0.770. The number of hydrogen-bond acceptors (Lipinski definition) is 3. The molecule has 0 fully saturated rings. The summed E-state index contributed by atoms with van der Waals surface area (Å²) in [4.78, 5) is 9.60. The van der Waals surface area contributed by atoms with Crippen molar-refractivity contribution in [1.82, 2.24) is 4.57 Å². The molecule has 2 aliphatic heterocycles. The number of aliphatic hydroxyl groups excluding tert-OH is 1. The van der Waals surface area contributed by atoms with Crippen LogP contribution in [0.25, 0.3) is 5.69 Å². The van der Waals surface area contributed by atoms with Crippen LogP contribution in [0.3, 0.4) is 0 Å². The van der Waals surface area contributed by atoms with Crippen LogP contribution >= 0.6 is 0 Å². The number of rotatable bonds is 2. The minimum atomic E-state index is -0.318. The van der Waals surface area contributed by atoms with Gasteiger partial charge in [-0.25, -0.2) is 4.39 Å². The molecule has 2 aliphatic rings. The van der Waals surface area contributed by atoms with Crippen LogP contribution in [0.4, 0.5) is 4.39 Å².